The Hall–Kier alpha value is -2.42. The van der Waals surface area contributed by atoms with Crippen LogP contribution in [0.4, 0.5) is 0 Å². The minimum absolute atomic E-state index is 0.260. The Morgan fingerprint density at radius 2 is 1.86 bits per heavy atom. The summed E-state index contributed by atoms with van der Waals surface area (Å²) < 4.78 is 16.2. The van der Waals surface area contributed by atoms with Crippen LogP contribution in [-0.4, -0.2) is 13.9 Å². The Morgan fingerprint density at radius 1 is 1.18 bits per heavy atom. The Bertz CT molecular complexity index is 674. The molecule has 0 unspecified atom stereocenters. The van der Waals surface area contributed by atoms with Gasteiger partial charge in [-0.05, 0) is 47.4 Å². The Balaban J connectivity index is 1.99. The highest BCUT2D eigenvalue weighted by Crippen LogP contribution is 2.39. The van der Waals surface area contributed by atoms with E-state index in [9.17, 15) is 0 Å². The second-order valence-corrected chi connectivity index (χ2v) is 5.39. The van der Waals surface area contributed by atoms with Crippen LogP contribution in [0.1, 0.15) is 29.5 Å². The molecule has 2 aromatic rings. The lowest BCUT2D eigenvalue weighted by Crippen LogP contribution is -2.01. The topological polar surface area (TPSA) is 27.7 Å². The Labute approximate surface area is 131 Å². The Kier molecular flexibility index (Phi) is 4.05. The van der Waals surface area contributed by atoms with Gasteiger partial charge in [0.05, 0.1) is 7.11 Å². The molecule has 0 saturated heterocycles. The lowest BCUT2D eigenvalue weighted by atomic mass is 9.88. The molecule has 3 rings (SSSR count). The smallest absolute Gasteiger partial charge is 0.231 e. The summed E-state index contributed by atoms with van der Waals surface area (Å²) in [7, 11) is 1.68. The van der Waals surface area contributed by atoms with Gasteiger partial charge in [0.15, 0.2) is 11.5 Å². The standard InChI is InChI=1S/C19H20O3/c1-4-5-15-10-18-19(22-12-21-18)11-17(15)13(2)14-6-8-16(20-3)9-7-14/h4,6-11,13H,1,5,12H2,2-3H3/t13-/m1/s1. The number of rotatable bonds is 5. The van der Waals surface area contributed by atoms with Gasteiger partial charge in [0.1, 0.15) is 5.75 Å². The molecule has 114 valence electrons. The average molecular weight is 296 g/mol. The molecule has 1 atom stereocenters. The molecule has 2 aromatic carbocycles. The molecule has 1 aliphatic rings. The van der Waals surface area contributed by atoms with E-state index < -0.39 is 0 Å². The van der Waals surface area contributed by atoms with Gasteiger partial charge >= 0.3 is 0 Å². The lowest BCUT2D eigenvalue weighted by Gasteiger charge is -2.17. The number of hydrogen-bond donors (Lipinski definition) is 0. The number of allylic oxidation sites excluding steroid dienone is 1. The highest BCUT2D eigenvalue weighted by atomic mass is 16.7. The first-order valence-corrected chi connectivity index (χ1v) is 7.40. The molecule has 0 saturated carbocycles. The highest BCUT2D eigenvalue weighted by Gasteiger charge is 2.20. The van der Waals surface area contributed by atoms with E-state index in [0.29, 0.717) is 6.79 Å². The van der Waals surface area contributed by atoms with Gasteiger partial charge in [0.2, 0.25) is 6.79 Å². The van der Waals surface area contributed by atoms with Crippen LogP contribution in [0.2, 0.25) is 0 Å². The normalized spacial score (nSPS) is 13.7. The summed E-state index contributed by atoms with van der Waals surface area (Å²) in [4.78, 5) is 0. The molecule has 3 nitrogen and oxygen atoms in total. The van der Waals surface area contributed by atoms with E-state index >= 15 is 0 Å². The maximum atomic E-state index is 5.53. The van der Waals surface area contributed by atoms with Crippen LogP contribution in [-0.2, 0) is 6.42 Å². The first-order chi connectivity index (χ1) is 10.7. The van der Waals surface area contributed by atoms with Crippen molar-refractivity contribution in [2.75, 3.05) is 13.9 Å². The van der Waals surface area contributed by atoms with Gasteiger partial charge in [0.25, 0.3) is 0 Å². The fourth-order valence-electron chi connectivity index (χ4n) is 2.81. The molecule has 3 heteroatoms. The van der Waals surface area contributed by atoms with Crippen molar-refractivity contribution in [2.24, 2.45) is 0 Å². The number of hydrogen-bond acceptors (Lipinski definition) is 3. The molecule has 0 fully saturated rings. The average Bonchev–Trinajstić information content (AvgIpc) is 3.01. The van der Waals surface area contributed by atoms with Crippen molar-refractivity contribution in [1.82, 2.24) is 0 Å². The largest absolute Gasteiger partial charge is 0.497 e. The third kappa shape index (κ3) is 2.67. The summed E-state index contributed by atoms with van der Waals surface area (Å²) in [6.07, 6.45) is 2.73. The number of benzene rings is 2. The third-order valence-corrected chi connectivity index (χ3v) is 4.08. The molecule has 0 bridgehead atoms. The maximum absolute atomic E-state index is 5.53. The second-order valence-electron chi connectivity index (χ2n) is 5.39. The van der Waals surface area contributed by atoms with E-state index in [0.717, 1.165) is 23.7 Å². The van der Waals surface area contributed by atoms with Crippen LogP contribution in [0, 0.1) is 0 Å². The molecular weight excluding hydrogens is 276 g/mol. The van der Waals surface area contributed by atoms with Gasteiger partial charge in [-0.3, -0.25) is 0 Å². The summed E-state index contributed by atoms with van der Waals surface area (Å²) >= 11 is 0. The van der Waals surface area contributed by atoms with E-state index in [1.807, 2.05) is 18.2 Å². The van der Waals surface area contributed by atoms with Crippen molar-refractivity contribution in [3.63, 3.8) is 0 Å². The van der Waals surface area contributed by atoms with Gasteiger partial charge in [-0.2, -0.15) is 0 Å². The zero-order chi connectivity index (χ0) is 15.5. The molecule has 1 heterocycles. The summed E-state index contributed by atoms with van der Waals surface area (Å²) in [5.74, 6) is 2.77. The fraction of sp³-hybridized carbons (Fsp3) is 0.263. The molecule has 0 amide bonds. The van der Waals surface area contributed by atoms with Gasteiger partial charge in [-0.15, -0.1) is 6.58 Å². The summed E-state index contributed by atoms with van der Waals surface area (Å²) in [6, 6.07) is 12.4. The first-order valence-electron chi connectivity index (χ1n) is 7.40. The van der Waals surface area contributed by atoms with Crippen molar-refractivity contribution in [2.45, 2.75) is 19.3 Å². The van der Waals surface area contributed by atoms with Crippen LogP contribution >= 0.6 is 0 Å². The monoisotopic (exact) mass is 296 g/mol. The summed E-state index contributed by atoms with van der Waals surface area (Å²) in [5.41, 5.74) is 3.71. The Morgan fingerprint density at radius 3 is 2.50 bits per heavy atom. The molecule has 0 radical (unpaired) electrons. The van der Waals surface area contributed by atoms with Crippen LogP contribution in [0.25, 0.3) is 0 Å². The fourth-order valence-corrected chi connectivity index (χ4v) is 2.81. The minimum atomic E-state index is 0.260. The second kappa shape index (κ2) is 6.14. The zero-order valence-electron chi connectivity index (χ0n) is 13.0. The van der Waals surface area contributed by atoms with Crippen molar-refractivity contribution in [3.05, 3.63) is 65.7 Å². The SMILES string of the molecule is C=CCc1cc2c(cc1[C@H](C)c1ccc(OC)cc1)OCO2. The molecule has 22 heavy (non-hydrogen) atoms. The van der Waals surface area contributed by atoms with Crippen LogP contribution in [0.15, 0.2) is 49.1 Å². The predicted molar refractivity (Wildman–Crippen MR) is 87.0 cm³/mol. The first kappa shape index (κ1) is 14.5. The van der Waals surface area contributed by atoms with Crippen LogP contribution < -0.4 is 14.2 Å². The molecule has 0 aliphatic carbocycles. The summed E-state index contributed by atoms with van der Waals surface area (Å²) in [6.45, 7) is 6.35. The van der Waals surface area contributed by atoms with E-state index in [-0.39, 0.29) is 5.92 Å². The number of ether oxygens (including phenoxy) is 3. The summed E-state index contributed by atoms with van der Waals surface area (Å²) in [5, 5.41) is 0. The molecular formula is C19H20O3. The van der Waals surface area contributed by atoms with Gasteiger partial charge in [0, 0.05) is 5.92 Å². The van der Waals surface area contributed by atoms with Gasteiger partial charge in [-0.25, -0.2) is 0 Å². The highest BCUT2D eigenvalue weighted by molar-refractivity contribution is 5.52. The van der Waals surface area contributed by atoms with Gasteiger partial charge < -0.3 is 14.2 Å². The lowest BCUT2D eigenvalue weighted by molar-refractivity contribution is 0.174. The van der Waals surface area contributed by atoms with Crippen molar-refractivity contribution in [1.29, 1.82) is 0 Å². The van der Waals surface area contributed by atoms with E-state index in [1.165, 1.54) is 16.7 Å². The van der Waals surface area contributed by atoms with E-state index in [4.69, 9.17) is 14.2 Å². The predicted octanol–water partition coefficient (Wildman–Crippen LogP) is 4.30. The van der Waals surface area contributed by atoms with Gasteiger partial charge in [-0.1, -0.05) is 25.1 Å². The van der Waals surface area contributed by atoms with Crippen molar-refractivity contribution < 1.29 is 14.2 Å². The molecule has 0 aromatic heterocycles. The van der Waals surface area contributed by atoms with E-state index in [1.54, 1.807) is 7.11 Å². The number of fused-ring (bicyclic) bond motifs is 1. The minimum Gasteiger partial charge on any atom is -0.497 e. The van der Waals surface area contributed by atoms with E-state index in [2.05, 4.69) is 37.8 Å². The van der Waals surface area contributed by atoms with Crippen molar-refractivity contribution in [3.8, 4) is 17.2 Å². The maximum Gasteiger partial charge on any atom is 0.231 e. The zero-order valence-corrected chi connectivity index (χ0v) is 13.0. The molecule has 1 aliphatic heterocycles. The quantitative estimate of drug-likeness (QED) is 0.770. The third-order valence-electron chi connectivity index (χ3n) is 4.08. The van der Waals surface area contributed by atoms with Crippen molar-refractivity contribution >= 4 is 0 Å². The van der Waals surface area contributed by atoms with Crippen LogP contribution in [0.3, 0.4) is 0 Å². The van der Waals surface area contributed by atoms with Crippen LogP contribution in [0.5, 0.6) is 17.2 Å². The molecule has 0 spiro atoms. The number of methoxy groups -OCH3 is 1. The molecule has 0 N–H and O–H groups in total.